The second kappa shape index (κ2) is 7.13. The van der Waals surface area contributed by atoms with E-state index in [1.165, 1.54) is 22.4 Å². The van der Waals surface area contributed by atoms with Crippen LogP contribution in [0.5, 0.6) is 0 Å². The molecule has 0 aliphatic rings. The maximum atomic E-state index is 14.1. The molecule has 0 amide bonds. The molecule has 0 unspecified atom stereocenters. The van der Waals surface area contributed by atoms with Crippen molar-refractivity contribution in [3.05, 3.63) is 77.9 Å². The minimum absolute atomic E-state index is 0.306. The fourth-order valence-electron chi connectivity index (χ4n) is 3.77. The predicted molar refractivity (Wildman–Crippen MR) is 114 cm³/mol. The van der Waals surface area contributed by atoms with E-state index in [1.54, 1.807) is 0 Å². The second-order valence-corrected chi connectivity index (χ2v) is 12.1. The van der Waals surface area contributed by atoms with Crippen molar-refractivity contribution in [2.45, 2.75) is 53.0 Å². The van der Waals surface area contributed by atoms with Crippen LogP contribution in [-0.2, 0) is 10.9 Å². The van der Waals surface area contributed by atoms with Crippen molar-refractivity contribution < 1.29 is 9.13 Å². The zero-order chi connectivity index (χ0) is 19.8. The van der Waals surface area contributed by atoms with Crippen LogP contribution in [0.15, 0.2) is 61.2 Å². The molecule has 142 valence electrons. The Balaban J connectivity index is 2.01. The lowest BCUT2D eigenvalue weighted by Crippen LogP contribution is -2.38. The lowest BCUT2D eigenvalue weighted by Gasteiger charge is -2.30. The fourth-order valence-corrected chi connectivity index (χ4v) is 6.41. The van der Waals surface area contributed by atoms with E-state index >= 15 is 0 Å². The van der Waals surface area contributed by atoms with Crippen LogP contribution in [0.4, 0.5) is 0 Å². The molecule has 0 radical (unpaired) electrons. The fraction of sp³-hybridized carbons (Fsp3) is 0.348. The largest absolute Gasteiger partial charge is 0.314 e. The first-order valence-electron chi connectivity index (χ1n) is 9.42. The van der Waals surface area contributed by atoms with E-state index in [4.69, 9.17) is 0 Å². The van der Waals surface area contributed by atoms with Gasteiger partial charge in [0.2, 0.25) is 6.33 Å². The summed E-state index contributed by atoms with van der Waals surface area (Å²) in [7, 11) is -2.64. The maximum absolute atomic E-state index is 14.1. The van der Waals surface area contributed by atoms with Crippen LogP contribution >= 0.6 is 7.14 Å². The average molecular weight is 381 g/mol. The normalized spacial score (nSPS) is 14.1. The zero-order valence-electron chi connectivity index (χ0n) is 17.2. The molecule has 27 heavy (non-hydrogen) atoms. The van der Waals surface area contributed by atoms with Crippen molar-refractivity contribution in [2.24, 2.45) is 0 Å². The molecule has 0 aliphatic heterocycles. The average Bonchev–Trinajstić information content (AvgIpc) is 3.01. The molecule has 0 aliphatic carbocycles. The van der Waals surface area contributed by atoms with Crippen LogP contribution < -0.4 is 9.87 Å². The van der Waals surface area contributed by atoms with E-state index in [0.29, 0.717) is 6.29 Å². The van der Waals surface area contributed by atoms with Gasteiger partial charge in [-0.15, -0.1) is 0 Å². The van der Waals surface area contributed by atoms with E-state index in [0.717, 1.165) is 5.30 Å². The topological polar surface area (TPSA) is 25.9 Å². The molecule has 3 aromatic rings. The molecule has 0 saturated carbocycles. The van der Waals surface area contributed by atoms with Gasteiger partial charge in [-0.05, 0) is 31.9 Å². The summed E-state index contributed by atoms with van der Waals surface area (Å²) in [5, 5.41) is 0.638. The third kappa shape index (κ3) is 3.80. The van der Waals surface area contributed by atoms with E-state index in [9.17, 15) is 4.57 Å². The number of hydrogen-bond donors (Lipinski definition) is 0. The second-order valence-electron chi connectivity index (χ2n) is 8.47. The first kappa shape index (κ1) is 19.6. The molecule has 0 bridgehead atoms. The number of aromatic nitrogens is 2. The molecule has 1 atom stereocenters. The summed E-state index contributed by atoms with van der Waals surface area (Å²) in [6.45, 7) is 12.6. The molecule has 0 N–H and O–H groups in total. The Morgan fingerprint density at radius 2 is 1.59 bits per heavy atom. The summed E-state index contributed by atoms with van der Waals surface area (Å²) >= 11 is 0. The maximum Gasteiger partial charge on any atom is 0.249 e. The third-order valence-corrected chi connectivity index (χ3v) is 9.23. The Labute approximate surface area is 163 Å². The zero-order valence-corrected chi connectivity index (χ0v) is 18.1. The number of rotatable bonds is 4. The molecule has 0 saturated heterocycles. The minimum atomic E-state index is -2.64. The van der Waals surface area contributed by atoms with Gasteiger partial charge < -0.3 is 4.57 Å². The summed E-state index contributed by atoms with van der Waals surface area (Å²) in [5.41, 5.74) is 4.97. The van der Waals surface area contributed by atoms with Crippen LogP contribution in [0.2, 0.25) is 0 Å². The molecule has 2 aromatic carbocycles. The van der Waals surface area contributed by atoms with Gasteiger partial charge in [0.1, 0.15) is 24.4 Å². The monoisotopic (exact) mass is 381 g/mol. The van der Waals surface area contributed by atoms with Crippen molar-refractivity contribution in [1.82, 2.24) is 4.57 Å². The van der Waals surface area contributed by atoms with E-state index in [-0.39, 0.29) is 5.16 Å². The van der Waals surface area contributed by atoms with Crippen molar-refractivity contribution in [3.8, 4) is 5.69 Å². The Morgan fingerprint density at radius 1 is 1.00 bits per heavy atom. The Kier molecular flexibility index (Phi) is 5.18. The van der Waals surface area contributed by atoms with Crippen LogP contribution in [0.3, 0.4) is 0 Å². The summed E-state index contributed by atoms with van der Waals surface area (Å²) in [6.07, 6.45) is 6.65. The Hall–Kier alpha value is -2.12. The number of nitrogens with zero attached hydrogens (tertiary/aromatic N) is 2. The highest BCUT2D eigenvalue weighted by atomic mass is 31.2. The van der Waals surface area contributed by atoms with Gasteiger partial charge in [-0.1, -0.05) is 68.8 Å². The number of aryl methyl sites for hydroxylation is 3. The quantitative estimate of drug-likeness (QED) is 0.454. The van der Waals surface area contributed by atoms with E-state index in [2.05, 4.69) is 75.3 Å². The number of hydrogen-bond acceptors (Lipinski definition) is 1. The lowest BCUT2D eigenvalue weighted by atomic mass is 10.1. The van der Waals surface area contributed by atoms with Crippen molar-refractivity contribution in [3.63, 3.8) is 0 Å². The molecular weight excluding hydrogens is 351 g/mol. The van der Waals surface area contributed by atoms with Gasteiger partial charge in [0.05, 0.1) is 0 Å². The van der Waals surface area contributed by atoms with Gasteiger partial charge in [-0.3, -0.25) is 0 Å². The molecular formula is C23H30N2OP+. The summed E-state index contributed by atoms with van der Waals surface area (Å²) in [5.74, 6) is 0. The van der Waals surface area contributed by atoms with E-state index < -0.39 is 7.14 Å². The molecule has 1 heterocycles. The SMILES string of the molecule is Cc1cc(C)c(-n2cc[n+](C[P@@](=O)(c3ccccc3)C(C)(C)C)c2)c(C)c1. The highest BCUT2D eigenvalue weighted by Gasteiger charge is 2.40. The third-order valence-electron chi connectivity index (χ3n) is 5.20. The first-order valence-corrected chi connectivity index (χ1v) is 11.3. The summed E-state index contributed by atoms with van der Waals surface area (Å²) < 4.78 is 18.3. The van der Waals surface area contributed by atoms with Gasteiger partial charge in [-0.2, -0.15) is 0 Å². The molecule has 0 spiro atoms. The van der Waals surface area contributed by atoms with Crippen molar-refractivity contribution in [2.75, 3.05) is 0 Å². The molecule has 4 heteroatoms. The molecule has 3 rings (SSSR count). The van der Waals surface area contributed by atoms with Gasteiger partial charge in [0, 0.05) is 10.5 Å². The van der Waals surface area contributed by atoms with Crippen molar-refractivity contribution >= 4 is 12.4 Å². The van der Waals surface area contributed by atoms with Crippen LogP contribution in [0, 0.1) is 20.8 Å². The minimum Gasteiger partial charge on any atom is -0.314 e. The van der Waals surface area contributed by atoms with Gasteiger partial charge in [0.25, 0.3) is 0 Å². The molecule has 3 nitrogen and oxygen atoms in total. The van der Waals surface area contributed by atoms with Gasteiger partial charge in [-0.25, -0.2) is 9.13 Å². The molecule has 1 aromatic heterocycles. The number of benzene rings is 2. The van der Waals surface area contributed by atoms with Gasteiger partial charge >= 0.3 is 0 Å². The summed E-state index contributed by atoms with van der Waals surface area (Å²) in [4.78, 5) is 0. The standard InChI is InChI=1S/C23H30N2OP/c1-18-14-19(2)22(20(3)15-18)25-13-12-24(16-25)17-27(26,23(4,5)6)21-10-8-7-9-11-21/h7-16H,17H2,1-6H3/q+1/t27-/m1/s1. The predicted octanol–water partition coefficient (Wildman–Crippen LogP) is 5.13. The smallest absolute Gasteiger partial charge is 0.249 e. The van der Waals surface area contributed by atoms with Crippen LogP contribution in [-0.4, -0.2) is 9.72 Å². The first-order chi connectivity index (χ1) is 12.6. The van der Waals surface area contributed by atoms with Crippen LogP contribution in [0.1, 0.15) is 37.5 Å². The Morgan fingerprint density at radius 3 is 2.15 bits per heavy atom. The number of imidazole rings is 1. The highest BCUT2D eigenvalue weighted by molar-refractivity contribution is 7.71. The lowest BCUT2D eigenvalue weighted by molar-refractivity contribution is -0.677. The van der Waals surface area contributed by atoms with Crippen LogP contribution in [0.25, 0.3) is 5.69 Å². The highest BCUT2D eigenvalue weighted by Crippen LogP contribution is 2.56. The summed E-state index contributed by atoms with van der Waals surface area (Å²) in [6, 6.07) is 14.3. The molecule has 0 fully saturated rings. The van der Waals surface area contributed by atoms with Gasteiger partial charge in [0.15, 0.2) is 7.14 Å². The van der Waals surface area contributed by atoms with E-state index in [1.807, 2.05) is 36.5 Å². The Bertz CT molecular complexity index is 974. The van der Waals surface area contributed by atoms with Crippen molar-refractivity contribution in [1.29, 1.82) is 0 Å².